The summed E-state index contributed by atoms with van der Waals surface area (Å²) >= 11 is 1.72. The van der Waals surface area contributed by atoms with Crippen molar-refractivity contribution in [2.75, 3.05) is 10.0 Å². The molecule has 36 heavy (non-hydrogen) atoms. The van der Waals surface area contributed by atoms with E-state index in [4.69, 9.17) is 14.4 Å². The molecule has 0 radical (unpaired) electrons. The molecule has 1 atom stereocenters. The van der Waals surface area contributed by atoms with Crippen molar-refractivity contribution < 1.29 is 4.42 Å². The fourth-order valence-corrected chi connectivity index (χ4v) is 5.66. The van der Waals surface area contributed by atoms with Gasteiger partial charge in [0.2, 0.25) is 0 Å². The van der Waals surface area contributed by atoms with E-state index in [-0.39, 0.29) is 6.04 Å². The number of para-hydroxylation sites is 1. The van der Waals surface area contributed by atoms with Gasteiger partial charge in [-0.3, -0.25) is 0 Å². The summed E-state index contributed by atoms with van der Waals surface area (Å²) < 4.78 is 6.07. The molecule has 0 aliphatic carbocycles. The quantitative estimate of drug-likeness (QED) is 0.279. The average molecular weight is 488 g/mol. The summed E-state index contributed by atoms with van der Waals surface area (Å²) in [5.41, 5.74) is 3.78. The van der Waals surface area contributed by atoms with E-state index >= 15 is 0 Å². The molecule has 0 saturated heterocycles. The molecule has 0 fully saturated rings. The number of anilines is 2. The molecule has 1 unspecified atom stereocenters. The first kappa shape index (κ1) is 20.7. The highest BCUT2D eigenvalue weighted by Crippen LogP contribution is 2.52. The van der Waals surface area contributed by atoms with Crippen molar-refractivity contribution in [1.82, 2.24) is 15.0 Å². The van der Waals surface area contributed by atoms with Gasteiger partial charge in [-0.05, 0) is 60.0 Å². The molecule has 174 valence electrons. The summed E-state index contributed by atoms with van der Waals surface area (Å²) in [5, 5.41) is 7.61. The smallest absolute Gasteiger partial charge is 0.148 e. The number of pyridine rings is 2. The second kappa shape index (κ2) is 8.55. The Bertz CT molecular complexity index is 1640. The van der Waals surface area contributed by atoms with Gasteiger partial charge < -0.3 is 9.40 Å². The van der Waals surface area contributed by atoms with Gasteiger partial charge in [0, 0.05) is 22.7 Å². The summed E-state index contributed by atoms with van der Waals surface area (Å²) in [7, 11) is 0. The van der Waals surface area contributed by atoms with Crippen molar-refractivity contribution in [3.05, 3.63) is 131 Å². The molecular weight excluding hydrogens is 466 g/mol. The monoisotopic (exact) mass is 487 g/mol. The maximum atomic E-state index is 6.07. The molecule has 6 heterocycles. The molecule has 0 spiro atoms. The van der Waals surface area contributed by atoms with E-state index in [0.29, 0.717) is 0 Å². The van der Waals surface area contributed by atoms with Gasteiger partial charge in [-0.15, -0.1) is 11.3 Å². The molecule has 1 N–H and O–H groups in total. The molecule has 6 nitrogen and oxygen atoms in total. The van der Waals surface area contributed by atoms with Crippen LogP contribution in [0.5, 0.6) is 0 Å². The van der Waals surface area contributed by atoms with Crippen LogP contribution in [0.15, 0.2) is 119 Å². The van der Waals surface area contributed by atoms with Crippen LogP contribution >= 0.6 is 11.3 Å². The molecule has 0 amide bonds. The number of H-pyrrole nitrogens is 1. The molecule has 5 aromatic heterocycles. The van der Waals surface area contributed by atoms with Gasteiger partial charge in [-0.25, -0.2) is 20.0 Å². The molecular formula is C29H21N5OS. The number of thiophene rings is 1. The van der Waals surface area contributed by atoms with Crippen LogP contribution in [-0.4, -0.2) is 15.0 Å². The number of nitrogens with one attached hydrogen (secondary N) is 1. The van der Waals surface area contributed by atoms with E-state index < -0.39 is 0 Å². The molecule has 7 rings (SSSR count). The molecule has 1 aliphatic heterocycles. The van der Waals surface area contributed by atoms with E-state index in [1.54, 1.807) is 17.6 Å². The molecule has 1 aliphatic rings. The third-order valence-electron chi connectivity index (χ3n) is 6.33. The van der Waals surface area contributed by atoms with Gasteiger partial charge in [0.15, 0.2) is 0 Å². The zero-order chi connectivity index (χ0) is 23.9. The topological polar surface area (TPSA) is 61.2 Å². The lowest BCUT2D eigenvalue weighted by atomic mass is 10.00. The lowest BCUT2D eigenvalue weighted by molar-refractivity contribution is 0.548. The Morgan fingerprint density at radius 3 is 2.58 bits per heavy atom. The molecule has 7 heteroatoms. The van der Waals surface area contributed by atoms with Crippen LogP contribution in [-0.2, 0) is 0 Å². The lowest BCUT2D eigenvalue weighted by Gasteiger charge is -2.35. The number of benzene rings is 1. The number of aromatic nitrogens is 3. The highest BCUT2D eigenvalue weighted by Gasteiger charge is 2.45. The molecule has 0 bridgehead atoms. The van der Waals surface area contributed by atoms with Gasteiger partial charge in [0.05, 0.1) is 23.0 Å². The number of hydrogen-bond donors (Lipinski definition) is 1. The lowest BCUT2D eigenvalue weighted by Crippen LogP contribution is -2.39. The Labute approximate surface area is 211 Å². The number of nitrogens with zero attached hydrogens (tertiary/aromatic N) is 4. The van der Waals surface area contributed by atoms with Crippen LogP contribution in [0.2, 0.25) is 0 Å². The number of furan rings is 1. The summed E-state index contributed by atoms with van der Waals surface area (Å²) in [6, 6.07) is 30.5. The standard InChI is InChI=1S/C29H21N5OS/c1-2-9-21-20(8-1)14-15-22(32-21)28-27(23-10-6-18-35-23)29(24-11-7-19-36-24)34(25-12-3-4-16-30-25)33(28)26-13-5-17-31-26/h1-19,29,31H. The predicted octanol–water partition coefficient (Wildman–Crippen LogP) is 7.16. The van der Waals surface area contributed by atoms with Crippen molar-refractivity contribution >= 4 is 45.1 Å². The zero-order valence-corrected chi connectivity index (χ0v) is 20.0. The van der Waals surface area contributed by atoms with Crippen LogP contribution < -0.4 is 10.0 Å². The number of fused-ring (bicyclic) bond motifs is 1. The number of aromatic amines is 1. The van der Waals surface area contributed by atoms with Crippen LogP contribution in [0.3, 0.4) is 0 Å². The highest BCUT2D eigenvalue weighted by atomic mass is 32.1. The van der Waals surface area contributed by atoms with E-state index in [0.717, 1.165) is 45.3 Å². The van der Waals surface area contributed by atoms with Gasteiger partial charge >= 0.3 is 0 Å². The third-order valence-corrected chi connectivity index (χ3v) is 7.26. The second-order valence-corrected chi connectivity index (χ2v) is 9.43. The maximum Gasteiger partial charge on any atom is 0.148 e. The Balaban J connectivity index is 1.57. The van der Waals surface area contributed by atoms with Crippen LogP contribution in [0, 0.1) is 0 Å². The largest absolute Gasteiger partial charge is 0.465 e. The summed E-state index contributed by atoms with van der Waals surface area (Å²) in [6.45, 7) is 0. The summed E-state index contributed by atoms with van der Waals surface area (Å²) in [6.07, 6.45) is 5.48. The first-order chi connectivity index (χ1) is 17.9. The Morgan fingerprint density at radius 1 is 0.861 bits per heavy atom. The minimum atomic E-state index is -0.169. The van der Waals surface area contributed by atoms with Gasteiger partial charge in [-0.1, -0.05) is 36.4 Å². The maximum absolute atomic E-state index is 6.07. The normalized spacial score (nSPS) is 15.8. The van der Waals surface area contributed by atoms with Crippen LogP contribution in [0.25, 0.3) is 22.2 Å². The third kappa shape index (κ3) is 3.32. The summed E-state index contributed by atoms with van der Waals surface area (Å²) in [5.74, 6) is 2.53. The Hall–Kier alpha value is -4.62. The van der Waals surface area contributed by atoms with Crippen molar-refractivity contribution in [3.63, 3.8) is 0 Å². The minimum Gasteiger partial charge on any atom is -0.465 e. The van der Waals surface area contributed by atoms with E-state index in [2.05, 4.69) is 56.8 Å². The fourth-order valence-electron chi connectivity index (χ4n) is 4.84. The molecule has 1 aromatic carbocycles. The average Bonchev–Trinajstić information content (AvgIpc) is 3.74. The van der Waals surface area contributed by atoms with Gasteiger partial charge in [0.25, 0.3) is 0 Å². The van der Waals surface area contributed by atoms with Crippen molar-refractivity contribution in [2.45, 2.75) is 6.04 Å². The van der Waals surface area contributed by atoms with Crippen LogP contribution in [0.4, 0.5) is 11.6 Å². The van der Waals surface area contributed by atoms with E-state index in [1.807, 2.05) is 67.0 Å². The molecule has 0 saturated carbocycles. The number of rotatable bonds is 5. The number of hydrazine groups is 1. The first-order valence-corrected chi connectivity index (χ1v) is 12.6. The van der Waals surface area contributed by atoms with Crippen molar-refractivity contribution in [1.29, 1.82) is 0 Å². The van der Waals surface area contributed by atoms with Crippen molar-refractivity contribution in [3.8, 4) is 0 Å². The highest BCUT2D eigenvalue weighted by molar-refractivity contribution is 7.10. The molecule has 6 aromatic rings. The summed E-state index contributed by atoms with van der Waals surface area (Å²) in [4.78, 5) is 14.5. The first-order valence-electron chi connectivity index (χ1n) is 11.7. The minimum absolute atomic E-state index is 0.169. The SMILES string of the molecule is c1ccc(N2C(c3cccs3)C(c3ccco3)=C(c3ccc4ccccc4n3)N2c2ccc[nH]2)nc1. The van der Waals surface area contributed by atoms with Crippen molar-refractivity contribution in [2.24, 2.45) is 0 Å². The Kier molecular flexibility index (Phi) is 4.92. The zero-order valence-electron chi connectivity index (χ0n) is 19.2. The second-order valence-electron chi connectivity index (χ2n) is 8.45. The number of hydrogen-bond acceptors (Lipinski definition) is 6. The predicted molar refractivity (Wildman–Crippen MR) is 144 cm³/mol. The fraction of sp³-hybridized carbons (Fsp3) is 0.0345. The van der Waals surface area contributed by atoms with Crippen LogP contribution in [0.1, 0.15) is 22.4 Å². The van der Waals surface area contributed by atoms with Gasteiger partial charge in [-0.2, -0.15) is 0 Å². The van der Waals surface area contributed by atoms with Gasteiger partial charge in [0.1, 0.15) is 29.1 Å². The van der Waals surface area contributed by atoms with E-state index in [9.17, 15) is 0 Å². The van der Waals surface area contributed by atoms with E-state index in [1.165, 1.54) is 4.88 Å². The Morgan fingerprint density at radius 2 is 1.81 bits per heavy atom.